The summed E-state index contributed by atoms with van der Waals surface area (Å²) in [5.41, 5.74) is 1.94. The van der Waals surface area contributed by atoms with E-state index in [9.17, 15) is 14.7 Å². The Labute approximate surface area is 129 Å². The van der Waals surface area contributed by atoms with Crippen LogP contribution in [0.2, 0.25) is 0 Å². The fourth-order valence-corrected chi connectivity index (χ4v) is 2.81. The van der Waals surface area contributed by atoms with E-state index in [0.717, 1.165) is 0 Å². The van der Waals surface area contributed by atoms with E-state index in [4.69, 9.17) is 4.74 Å². The lowest BCUT2D eigenvalue weighted by Crippen LogP contribution is -2.39. The number of aromatic nitrogens is 2. The molecule has 0 saturated carbocycles. The zero-order valence-electron chi connectivity index (χ0n) is 13.3. The first-order valence-corrected chi connectivity index (χ1v) is 7.45. The molecule has 1 fully saturated rings. The van der Waals surface area contributed by atoms with Crippen molar-refractivity contribution in [2.45, 2.75) is 27.3 Å². The van der Waals surface area contributed by atoms with E-state index in [1.165, 1.54) is 6.92 Å². The van der Waals surface area contributed by atoms with Crippen molar-refractivity contribution in [3.8, 4) is 0 Å². The first-order chi connectivity index (χ1) is 10.4. The number of aryl methyl sites for hydroxylation is 1. The van der Waals surface area contributed by atoms with E-state index in [1.807, 2.05) is 0 Å². The van der Waals surface area contributed by atoms with Gasteiger partial charge in [0, 0.05) is 31.3 Å². The number of hydrogen-bond acceptors (Lipinski definition) is 5. The average Bonchev–Trinajstić information content (AvgIpc) is 2.66. The SMILES string of the molecule is CC(=O)c1c(C)nn(CC(=O)N2CCOC[C@H](CO)C2)c1C. The second-order valence-electron chi connectivity index (χ2n) is 5.72. The van der Waals surface area contributed by atoms with Gasteiger partial charge in [-0.25, -0.2) is 0 Å². The van der Waals surface area contributed by atoms with Gasteiger partial charge in [-0.3, -0.25) is 14.3 Å². The molecule has 0 radical (unpaired) electrons. The second kappa shape index (κ2) is 7.02. The highest BCUT2D eigenvalue weighted by Gasteiger charge is 2.24. The number of ketones is 1. The van der Waals surface area contributed by atoms with Crippen molar-refractivity contribution < 1.29 is 19.4 Å². The van der Waals surface area contributed by atoms with Crippen LogP contribution in [0.1, 0.15) is 28.7 Å². The lowest BCUT2D eigenvalue weighted by molar-refractivity contribution is -0.132. The molecular formula is C15H23N3O4. The van der Waals surface area contributed by atoms with Gasteiger partial charge in [0.15, 0.2) is 5.78 Å². The maximum absolute atomic E-state index is 12.5. The maximum atomic E-state index is 12.5. The lowest BCUT2D eigenvalue weighted by atomic mass is 10.1. The fraction of sp³-hybridized carbons (Fsp3) is 0.667. The summed E-state index contributed by atoms with van der Waals surface area (Å²) in [7, 11) is 0. The molecular weight excluding hydrogens is 286 g/mol. The minimum absolute atomic E-state index is 0.00182. The normalized spacial score (nSPS) is 19.1. The highest BCUT2D eigenvalue weighted by atomic mass is 16.5. The summed E-state index contributed by atoms with van der Waals surface area (Å²) >= 11 is 0. The molecule has 2 rings (SSSR count). The Morgan fingerprint density at radius 2 is 2.14 bits per heavy atom. The molecule has 1 aromatic heterocycles. The van der Waals surface area contributed by atoms with E-state index in [2.05, 4.69) is 5.10 Å². The molecule has 1 aliphatic rings. The molecule has 1 saturated heterocycles. The Balaban J connectivity index is 2.11. The van der Waals surface area contributed by atoms with Crippen LogP contribution in [0.25, 0.3) is 0 Å². The molecule has 0 aromatic carbocycles. The van der Waals surface area contributed by atoms with Crippen molar-refractivity contribution in [2.75, 3.05) is 32.9 Å². The summed E-state index contributed by atoms with van der Waals surface area (Å²) in [5, 5.41) is 13.6. The number of amides is 1. The van der Waals surface area contributed by atoms with Crippen LogP contribution in [0.4, 0.5) is 0 Å². The summed E-state index contributed by atoms with van der Waals surface area (Å²) in [6.07, 6.45) is 0. The number of rotatable bonds is 4. The van der Waals surface area contributed by atoms with Crippen LogP contribution in [0.5, 0.6) is 0 Å². The number of hydrogen-bond donors (Lipinski definition) is 1. The minimum atomic E-state index is -0.0790. The smallest absolute Gasteiger partial charge is 0.244 e. The topological polar surface area (TPSA) is 84.7 Å². The number of aliphatic hydroxyl groups is 1. The summed E-state index contributed by atoms with van der Waals surface area (Å²) in [4.78, 5) is 25.8. The Bertz CT molecular complexity index is 567. The fourth-order valence-electron chi connectivity index (χ4n) is 2.81. The molecule has 1 amide bonds. The Kier molecular flexibility index (Phi) is 5.31. The van der Waals surface area contributed by atoms with E-state index in [0.29, 0.717) is 43.3 Å². The maximum Gasteiger partial charge on any atom is 0.244 e. The van der Waals surface area contributed by atoms with Crippen molar-refractivity contribution in [3.05, 3.63) is 17.0 Å². The number of nitrogens with zero attached hydrogens (tertiary/aromatic N) is 3. The highest BCUT2D eigenvalue weighted by molar-refractivity contribution is 5.96. The Morgan fingerprint density at radius 1 is 1.41 bits per heavy atom. The van der Waals surface area contributed by atoms with Crippen LogP contribution >= 0.6 is 0 Å². The zero-order chi connectivity index (χ0) is 16.3. The van der Waals surface area contributed by atoms with Crippen LogP contribution in [-0.2, 0) is 16.1 Å². The van der Waals surface area contributed by atoms with Crippen molar-refractivity contribution in [1.29, 1.82) is 0 Å². The van der Waals surface area contributed by atoms with Gasteiger partial charge < -0.3 is 14.7 Å². The molecule has 1 N–H and O–H groups in total. The van der Waals surface area contributed by atoms with Gasteiger partial charge in [0.25, 0.3) is 0 Å². The lowest BCUT2D eigenvalue weighted by Gasteiger charge is -2.22. The van der Waals surface area contributed by atoms with Gasteiger partial charge in [-0.15, -0.1) is 0 Å². The second-order valence-corrected chi connectivity index (χ2v) is 5.72. The van der Waals surface area contributed by atoms with Crippen LogP contribution in [-0.4, -0.2) is 64.4 Å². The largest absolute Gasteiger partial charge is 0.396 e. The molecule has 1 aromatic rings. The number of ether oxygens (including phenoxy) is 1. The van der Waals surface area contributed by atoms with E-state index < -0.39 is 0 Å². The summed E-state index contributed by atoms with van der Waals surface area (Å²) in [5.74, 6) is -0.179. The first kappa shape index (κ1) is 16.6. The van der Waals surface area contributed by atoms with Gasteiger partial charge in [-0.05, 0) is 20.8 Å². The van der Waals surface area contributed by atoms with Crippen LogP contribution in [0.15, 0.2) is 0 Å². The Hall–Kier alpha value is -1.73. The van der Waals surface area contributed by atoms with E-state index in [1.54, 1.807) is 23.4 Å². The molecule has 22 heavy (non-hydrogen) atoms. The molecule has 7 nitrogen and oxygen atoms in total. The number of carbonyl (C=O) groups is 2. The van der Waals surface area contributed by atoms with Gasteiger partial charge >= 0.3 is 0 Å². The summed E-state index contributed by atoms with van der Waals surface area (Å²) < 4.78 is 6.96. The van der Waals surface area contributed by atoms with Crippen LogP contribution in [0.3, 0.4) is 0 Å². The van der Waals surface area contributed by atoms with Gasteiger partial charge in [-0.1, -0.05) is 0 Å². The minimum Gasteiger partial charge on any atom is -0.396 e. The zero-order valence-corrected chi connectivity index (χ0v) is 13.3. The summed E-state index contributed by atoms with van der Waals surface area (Å²) in [6.45, 7) is 7.09. The molecule has 7 heteroatoms. The van der Waals surface area contributed by atoms with E-state index >= 15 is 0 Å². The molecule has 1 atom stereocenters. The third-order valence-corrected chi connectivity index (χ3v) is 3.97. The Morgan fingerprint density at radius 3 is 2.73 bits per heavy atom. The van der Waals surface area contributed by atoms with Gasteiger partial charge in [-0.2, -0.15) is 5.10 Å². The summed E-state index contributed by atoms with van der Waals surface area (Å²) in [6, 6.07) is 0. The average molecular weight is 309 g/mol. The molecule has 0 aliphatic carbocycles. The third-order valence-electron chi connectivity index (χ3n) is 3.97. The molecule has 0 unspecified atom stereocenters. The van der Waals surface area contributed by atoms with Crippen LogP contribution in [0, 0.1) is 19.8 Å². The third kappa shape index (κ3) is 3.53. The van der Waals surface area contributed by atoms with Crippen LogP contribution < -0.4 is 0 Å². The molecule has 0 spiro atoms. The van der Waals surface area contributed by atoms with Gasteiger partial charge in [0.05, 0.1) is 24.5 Å². The number of carbonyl (C=O) groups excluding carboxylic acids is 2. The van der Waals surface area contributed by atoms with Crippen molar-refractivity contribution >= 4 is 11.7 Å². The standard InChI is InChI=1S/C15H23N3O4/c1-10-15(12(3)20)11(2)18(16-10)7-14(21)17-4-5-22-9-13(6-17)8-19/h13,19H,4-9H2,1-3H3/t13-/m0/s1. The van der Waals surface area contributed by atoms with Gasteiger partial charge in [0.1, 0.15) is 6.54 Å². The molecule has 2 heterocycles. The first-order valence-electron chi connectivity index (χ1n) is 7.45. The highest BCUT2D eigenvalue weighted by Crippen LogP contribution is 2.14. The number of aliphatic hydroxyl groups excluding tert-OH is 1. The molecule has 122 valence electrons. The predicted molar refractivity (Wildman–Crippen MR) is 79.7 cm³/mol. The quantitative estimate of drug-likeness (QED) is 0.802. The van der Waals surface area contributed by atoms with Crippen molar-refractivity contribution in [2.24, 2.45) is 5.92 Å². The van der Waals surface area contributed by atoms with E-state index in [-0.39, 0.29) is 30.8 Å². The van der Waals surface area contributed by atoms with Gasteiger partial charge in [0.2, 0.25) is 5.91 Å². The van der Waals surface area contributed by atoms with Crippen molar-refractivity contribution in [1.82, 2.24) is 14.7 Å². The predicted octanol–water partition coefficient (Wildman–Crippen LogP) is 0.170. The van der Waals surface area contributed by atoms with Crippen molar-refractivity contribution in [3.63, 3.8) is 0 Å². The molecule has 1 aliphatic heterocycles. The monoisotopic (exact) mass is 309 g/mol. The number of Topliss-reactive ketones (excluding diaryl/α,β-unsaturated/α-hetero) is 1. The molecule has 0 bridgehead atoms.